The third-order valence-corrected chi connectivity index (χ3v) is 5.05. The summed E-state index contributed by atoms with van der Waals surface area (Å²) in [6.07, 6.45) is 6.40. The molecule has 6 nitrogen and oxygen atoms in total. The summed E-state index contributed by atoms with van der Waals surface area (Å²) < 4.78 is 5.78. The molecule has 2 aliphatic rings. The van der Waals surface area contributed by atoms with Crippen LogP contribution in [0.3, 0.4) is 0 Å². The van der Waals surface area contributed by atoms with Gasteiger partial charge in [-0.15, -0.1) is 0 Å². The zero-order valence-corrected chi connectivity index (χ0v) is 13.6. The molecule has 0 spiro atoms. The largest absolute Gasteiger partial charge is 0.440 e. The number of amides is 2. The standard InChI is InChI=1S/C18H23N3O3/c22-10-12-3-1-2-4-14(12)21-18(23)19-13-7-8-15-16(9-13)24-17(20-15)11-5-6-11/h7-9,11-12,14,22H,1-6,10H2,(H2,19,21,23). The molecule has 2 atom stereocenters. The Morgan fingerprint density at radius 3 is 2.88 bits per heavy atom. The van der Waals surface area contributed by atoms with E-state index in [0.29, 0.717) is 17.2 Å². The number of fused-ring (bicyclic) bond motifs is 1. The van der Waals surface area contributed by atoms with Crippen LogP contribution in [-0.4, -0.2) is 28.8 Å². The van der Waals surface area contributed by atoms with Crippen LogP contribution in [0.4, 0.5) is 10.5 Å². The predicted molar refractivity (Wildman–Crippen MR) is 91.0 cm³/mol. The third-order valence-electron chi connectivity index (χ3n) is 5.05. The molecule has 0 bridgehead atoms. The summed E-state index contributed by atoms with van der Waals surface area (Å²) in [5, 5.41) is 15.3. The highest BCUT2D eigenvalue weighted by molar-refractivity contribution is 5.91. The summed E-state index contributed by atoms with van der Waals surface area (Å²) in [5.74, 6) is 1.43. The molecule has 6 heteroatoms. The van der Waals surface area contributed by atoms with E-state index in [-0.39, 0.29) is 24.6 Å². The minimum Gasteiger partial charge on any atom is -0.440 e. The number of nitrogens with one attached hydrogen (secondary N) is 2. The molecule has 4 rings (SSSR count). The van der Waals surface area contributed by atoms with Crippen molar-refractivity contribution in [2.24, 2.45) is 5.92 Å². The van der Waals surface area contributed by atoms with Crippen molar-refractivity contribution >= 4 is 22.8 Å². The van der Waals surface area contributed by atoms with Gasteiger partial charge in [0.1, 0.15) is 5.52 Å². The number of nitrogens with zero attached hydrogens (tertiary/aromatic N) is 1. The van der Waals surface area contributed by atoms with Crippen LogP contribution in [0.1, 0.15) is 50.3 Å². The molecular weight excluding hydrogens is 306 g/mol. The second kappa shape index (κ2) is 6.43. The summed E-state index contributed by atoms with van der Waals surface area (Å²) >= 11 is 0. The zero-order valence-electron chi connectivity index (χ0n) is 13.6. The lowest BCUT2D eigenvalue weighted by molar-refractivity contribution is 0.156. The van der Waals surface area contributed by atoms with E-state index in [9.17, 15) is 9.90 Å². The molecule has 0 saturated heterocycles. The Labute approximate surface area is 140 Å². The minimum atomic E-state index is -0.235. The molecule has 24 heavy (non-hydrogen) atoms. The van der Waals surface area contributed by atoms with Gasteiger partial charge in [-0.25, -0.2) is 9.78 Å². The van der Waals surface area contributed by atoms with Crippen LogP contribution in [0.15, 0.2) is 22.6 Å². The fourth-order valence-electron chi connectivity index (χ4n) is 3.48. The number of urea groups is 1. The number of oxazole rings is 1. The average Bonchev–Trinajstić information content (AvgIpc) is 3.35. The molecule has 2 aliphatic carbocycles. The molecule has 2 fully saturated rings. The van der Waals surface area contributed by atoms with E-state index in [1.165, 1.54) is 0 Å². The highest BCUT2D eigenvalue weighted by Crippen LogP contribution is 2.40. The lowest BCUT2D eigenvalue weighted by Crippen LogP contribution is -2.45. The smallest absolute Gasteiger partial charge is 0.319 e. The Balaban J connectivity index is 1.42. The summed E-state index contributed by atoms with van der Waals surface area (Å²) in [7, 11) is 0. The normalized spacial score (nSPS) is 24.0. The van der Waals surface area contributed by atoms with E-state index in [0.717, 1.165) is 49.9 Å². The van der Waals surface area contributed by atoms with E-state index >= 15 is 0 Å². The van der Waals surface area contributed by atoms with Crippen LogP contribution in [0.2, 0.25) is 0 Å². The molecule has 2 saturated carbocycles. The number of rotatable bonds is 4. The van der Waals surface area contributed by atoms with Gasteiger partial charge in [0.2, 0.25) is 0 Å². The van der Waals surface area contributed by atoms with E-state index in [1.807, 2.05) is 18.2 Å². The SMILES string of the molecule is O=C(Nc1ccc2nc(C3CC3)oc2c1)NC1CCCCC1CO. The van der Waals surface area contributed by atoms with Gasteiger partial charge in [-0.2, -0.15) is 0 Å². The monoisotopic (exact) mass is 329 g/mol. The summed E-state index contributed by atoms with van der Waals surface area (Å²) in [6.45, 7) is 0.124. The van der Waals surface area contributed by atoms with Gasteiger partial charge >= 0.3 is 6.03 Å². The molecule has 1 heterocycles. The first-order chi connectivity index (χ1) is 11.7. The number of aromatic nitrogens is 1. The van der Waals surface area contributed by atoms with Crippen LogP contribution >= 0.6 is 0 Å². The van der Waals surface area contributed by atoms with Crippen LogP contribution < -0.4 is 10.6 Å². The summed E-state index contributed by atoms with van der Waals surface area (Å²) in [6, 6.07) is 5.34. The Bertz CT molecular complexity index is 738. The highest BCUT2D eigenvalue weighted by Gasteiger charge is 2.29. The second-order valence-corrected chi connectivity index (χ2v) is 6.94. The summed E-state index contributed by atoms with van der Waals surface area (Å²) in [5.41, 5.74) is 2.23. The Hall–Kier alpha value is -2.08. The fraction of sp³-hybridized carbons (Fsp3) is 0.556. The van der Waals surface area contributed by atoms with Gasteiger partial charge in [0.15, 0.2) is 11.5 Å². The van der Waals surface area contributed by atoms with Crippen LogP contribution in [0, 0.1) is 5.92 Å². The van der Waals surface area contributed by atoms with Crippen molar-refractivity contribution in [2.75, 3.05) is 11.9 Å². The van der Waals surface area contributed by atoms with Crippen LogP contribution in [-0.2, 0) is 0 Å². The molecule has 1 aromatic heterocycles. The number of carbonyl (C=O) groups is 1. The number of hydrogen-bond donors (Lipinski definition) is 3. The highest BCUT2D eigenvalue weighted by atomic mass is 16.3. The van der Waals surface area contributed by atoms with Gasteiger partial charge in [0.25, 0.3) is 0 Å². The molecule has 2 aromatic rings. The molecule has 0 aliphatic heterocycles. The number of aliphatic hydroxyl groups excluding tert-OH is 1. The maximum absolute atomic E-state index is 12.3. The number of carbonyl (C=O) groups excluding carboxylic acids is 1. The quantitative estimate of drug-likeness (QED) is 0.802. The van der Waals surface area contributed by atoms with E-state index in [2.05, 4.69) is 15.6 Å². The van der Waals surface area contributed by atoms with Crippen molar-refractivity contribution in [3.8, 4) is 0 Å². The van der Waals surface area contributed by atoms with Crippen molar-refractivity contribution in [3.63, 3.8) is 0 Å². The Morgan fingerprint density at radius 2 is 2.08 bits per heavy atom. The average molecular weight is 329 g/mol. The van der Waals surface area contributed by atoms with E-state index < -0.39 is 0 Å². The van der Waals surface area contributed by atoms with Gasteiger partial charge in [-0.3, -0.25) is 0 Å². The molecule has 2 unspecified atom stereocenters. The molecule has 2 amide bonds. The molecule has 0 radical (unpaired) electrons. The Morgan fingerprint density at radius 1 is 1.25 bits per heavy atom. The zero-order chi connectivity index (χ0) is 16.5. The van der Waals surface area contributed by atoms with Crippen molar-refractivity contribution in [1.29, 1.82) is 0 Å². The predicted octanol–water partition coefficient (Wildman–Crippen LogP) is 3.38. The first kappa shape index (κ1) is 15.4. The first-order valence-corrected chi connectivity index (χ1v) is 8.82. The van der Waals surface area contributed by atoms with Crippen molar-refractivity contribution in [2.45, 2.75) is 50.5 Å². The van der Waals surface area contributed by atoms with Gasteiger partial charge in [-0.1, -0.05) is 12.8 Å². The van der Waals surface area contributed by atoms with Crippen LogP contribution in [0.25, 0.3) is 11.1 Å². The van der Waals surface area contributed by atoms with Gasteiger partial charge in [-0.05, 0) is 37.8 Å². The minimum absolute atomic E-state index is 0.0410. The van der Waals surface area contributed by atoms with Crippen molar-refractivity contribution in [1.82, 2.24) is 10.3 Å². The van der Waals surface area contributed by atoms with Gasteiger partial charge in [0, 0.05) is 36.2 Å². The lowest BCUT2D eigenvalue weighted by atomic mass is 9.85. The number of hydrogen-bond acceptors (Lipinski definition) is 4. The number of aliphatic hydroxyl groups is 1. The van der Waals surface area contributed by atoms with Crippen molar-refractivity contribution < 1.29 is 14.3 Å². The lowest BCUT2D eigenvalue weighted by Gasteiger charge is -2.30. The summed E-state index contributed by atoms with van der Waals surface area (Å²) in [4.78, 5) is 16.7. The maximum atomic E-state index is 12.3. The van der Waals surface area contributed by atoms with Crippen LogP contribution in [0.5, 0.6) is 0 Å². The third kappa shape index (κ3) is 3.24. The van der Waals surface area contributed by atoms with Crippen molar-refractivity contribution in [3.05, 3.63) is 24.1 Å². The maximum Gasteiger partial charge on any atom is 0.319 e. The molecule has 1 aromatic carbocycles. The van der Waals surface area contributed by atoms with Gasteiger partial charge in [0.05, 0.1) is 0 Å². The molecular formula is C18H23N3O3. The fourth-order valence-corrected chi connectivity index (χ4v) is 3.48. The molecule has 128 valence electrons. The second-order valence-electron chi connectivity index (χ2n) is 6.94. The number of anilines is 1. The van der Waals surface area contributed by atoms with E-state index in [4.69, 9.17) is 4.42 Å². The van der Waals surface area contributed by atoms with Gasteiger partial charge < -0.3 is 20.2 Å². The number of benzene rings is 1. The first-order valence-electron chi connectivity index (χ1n) is 8.82. The van der Waals surface area contributed by atoms with E-state index in [1.54, 1.807) is 0 Å². The molecule has 3 N–H and O–H groups in total. The topological polar surface area (TPSA) is 87.4 Å². The Kier molecular flexibility index (Phi) is 4.14.